The molecule has 0 radical (unpaired) electrons. The standard InChI is InChI=1S/C13H20N2O3S/c1-9-3-4-12(10(2)13(9)14)15-19(16,17)11-5-7-18-8-6-11/h3-4,11,15H,5-8,14H2,1-2H3. The molecule has 0 unspecified atom stereocenters. The number of sulfonamides is 1. The van der Waals surface area contributed by atoms with E-state index in [1.165, 1.54) is 0 Å². The molecule has 0 amide bonds. The lowest BCUT2D eigenvalue weighted by molar-refractivity contribution is 0.0984. The Morgan fingerprint density at radius 2 is 1.89 bits per heavy atom. The van der Waals surface area contributed by atoms with E-state index in [1.807, 2.05) is 19.9 Å². The van der Waals surface area contributed by atoms with Crippen molar-refractivity contribution in [3.63, 3.8) is 0 Å². The van der Waals surface area contributed by atoms with Crippen LogP contribution >= 0.6 is 0 Å². The van der Waals surface area contributed by atoms with Gasteiger partial charge in [0.2, 0.25) is 10.0 Å². The summed E-state index contributed by atoms with van der Waals surface area (Å²) in [7, 11) is -3.37. The minimum Gasteiger partial charge on any atom is -0.398 e. The number of ether oxygens (including phenoxy) is 1. The van der Waals surface area contributed by atoms with Gasteiger partial charge in [-0.05, 0) is 43.9 Å². The Morgan fingerprint density at radius 1 is 1.26 bits per heavy atom. The van der Waals surface area contributed by atoms with Gasteiger partial charge in [-0.1, -0.05) is 6.07 Å². The van der Waals surface area contributed by atoms with E-state index in [0.29, 0.717) is 37.4 Å². The number of aryl methyl sites for hydroxylation is 1. The second kappa shape index (κ2) is 5.38. The molecule has 1 aliphatic rings. The Hall–Kier alpha value is -1.27. The molecule has 106 valence electrons. The zero-order valence-corrected chi connectivity index (χ0v) is 12.1. The molecule has 0 aromatic heterocycles. The average molecular weight is 284 g/mol. The third kappa shape index (κ3) is 3.01. The Labute approximate surface area is 114 Å². The van der Waals surface area contributed by atoms with Crippen LogP contribution in [0.4, 0.5) is 11.4 Å². The van der Waals surface area contributed by atoms with Gasteiger partial charge in [-0.3, -0.25) is 4.72 Å². The van der Waals surface area contributed by atoms with Crippen LogP contribution in [0, 0.1) is 13.8 Å². The first-order chi connectivity index (χ1) is 8.92. The van der Waals surface area contributed by atoms with Gasteiger partial charge in [0, 0.05) is 18.9 Å². The summed E-state index contributed by atoms with van der Waals surface area (Å²) in [5.74, 6) is 0. The third-order valence-electron chi connectivity index (χ3n) is 3.59. The maximum Gasteiger partial charge on any atom is 0.235 e. The van der Waals surface area contributed by atoms with E-state index in [1.54, 1.807) is 6.07 Å². The van der Waals surface area contributed by atoms with Crippen molar-refractivity contribution >= 4 is 21.4 Å². The van der Waals surface area contributed by atoms with Crippen LogP contribution in [-0.2, 0) is 14.8 Å². The van der Waals surface area contributed by atoms with Crippen LogP contribution in [0.3, 0.4) is 0 Å². The van der Waals surface area contributed by atoms with Gasteiger partial charge in [0.25, 0.3) is 0 Å². The van der Waals surface area contributed by atoms with Crippen LogP contribution in [-0.4, -0.2) is 26.9 Å². The number of nitrogen functional groups attached to an aromatic ring is 1. The molecule has 0 saturated carbocycles. The quantitative estimate of drug-likeness (QED) is 0.829. The van der Waals surface area contributed by atoms with Gasteiger partial charge in [-0.25, -0.2) is 8.42 Å². The van der Waals surface area contributed by atoms with Gasteiger partial charge in [0.1, 0.15) is 0 Å². The molecule has 1 heterocycles. The maximum absolute atomic E-state index is 12.3. The van der Waals surface area contributed by atoms with E-state index >= 15 is 0 Å². The highest BCUT2D eigenvalue weighted by Gasteiger charge is 2.28. The van der Waals surface area contributed by atoms with Gasteiger partial charge in [0.05, 0.1) is 10.9 Å². The van der Waals surface area contributed by atoms with Crippen molar-refractivity contribution in [3.05, 3.63) is 23.3 Å². The van der Waals surface area contributed by atoms with Crippen LogP contribution in [0.15, 0.2) is 12.1 Å². The maximum atomic E-state index is 12.3. The van der Waals surface area contributed by atoms with Gasteiger partial charge in [-0.15, -0.1) is 0 Å². The molecular weight excluding hydrogens is 264 g/mol. The van der Waals surface area contributed by atoms with E-state index in [4.69, 9.17) is 10.5 Å². The monoisotopic (exact) mass is 284 g/mol. The molecule has 0 bridgehead atoms. The minimum absolute atomic E-state index is 0.386. The summed E-state index contributed by atoms with van der Waals surface area (Å²) in [6.45, 7) is 4.73. The number of hydrogen-bond donors (Lipinski definition) is 2. The normalized spacial score (nSPS) is 17.4. The third-order valence-corrected chi connectivity index (χ3v) is 5.45. The molecule has 3 N–H and O–H groups in total. The van der Waals surface area contributed by atoms with Crippen molar-refractivity contribution in [2.75, 3.05) is 23.7 Å². The van der Waals surface area contributed by atoms with Crippen molar-refractivity contribution in [1.82, 2.24) is 0 Å². The fourth-order valence-corrected chi connectivity index (χ4v) is 3.70. The molecule has 1 fully saturated rings. The van der Waals surface area contributed by atoms with Crippen molar-refractivity contribution in [1.29, 1.82) is 0 Å². The van der Waals surface area contributed by atoms with Crippen molar-refractivity contribution in [3.8, 4) is 0 Å². The predicted octanol–water partition coefficient (Wildman–Crippen LogP) is 1.81. The molecule has 0 atom stereocenters. The molecule has 1 aromatic rings. The Bertz CT molecular complexity index is 563. The highest BCUT2D eigenvalue weighted by molar-refractivity contribution is 7.93. The molecule has 1 saturated heterocycles. The van der Waals surface area contributed by atoms with E-state index in [0.717, 1.165) is 11.1 Å². The molecule has 2 rings (SSSR count). The zero-order chi connectivity index (χ0) is 14.0. The molecule has 5 nitrogen and oxygen atoms in total. The molecule has 0 aliphatic carbocycles. The van der Waals surface area contributed by atoms with Gasteiger partial charge >= 0.3 is 0 Å². The molecule has 6 heteroatoms. The van der Waals surface area contributed by atoms with Crippen molar-refractivity contribution in [2.24, 2.45) is 0 Å². The number of rotatable bonds is 3. The SMILES string of the molecule is Cc1ccc(NS(=O)(=O)C2CCOCC2)c(C)c1N. The van der Waals surface area contributed by atoms with E-state index in [9.17, 15) is 8.42 Å². The highest BCUT2D eigenvalue weighted by Crippen LogP contribution is 2.27. The Morgan fingerprint density at radius 3 is 2.53 bits per heavy atom. The summed E-state index contributed by atoms with van der Waals surface area (Å²) in [6, 6.07) is 3.59. The second-order valence-electron chi connectivity index (χ2n) is 4.93. The molecule has 1 aromatic carbocycles. The van der Waals surface area contributed by atoms with Crippen LogP contribution in [0.5, 0.6) is 0 Å². The average Bonchev–Trinajstić information content (AvgIpc) is 2.40. The number of nitrogens with two attached hydrogens (primary N) is 1. The van der Waals surface area contributed by atoms with E-state index < -0.39 is 10.0 Å². The Balaban J connectivity index is 2.23. The van der Waals surface area contributed by atoms with Gasteiger partial charge < -0.3 is 10.5 Å². The van der Waals surface area contributed by atoms with Crippen LogP contribution in [0.2, 0.25) is 0 Å². The van der Waals surface area contributed by atoms with Crippen LogP contribution in [0.25, 0.3) is 0 Å². The first kappa shape index (κ1) is 14.1. The number of benzene rings is 1. The molecule has 1 aliphatic heterocycles. The van der Waals surface area contributed by atoms with Crippen LogP contribution < -0.4 is 10.5 Å². The number of nitrogens with one attached hydrogen (secondary N) is 1. The summed E-state index contributed by atoms with van der Waals surface area (Å²) < 4.78 is 32.4. The second-order valence-corrected chi connectivity index (χ2v) is 6.89. The summed E-state index contributed by atoms with van der Waals surface area (Å²) in [5.41, 5.74) is 8.85. The van der Waals surface area contributed by atoms with Gasteiger partial charge in [0.15, 0.2) is 0 Å². The smallest absolute Gasteiger partial charge is 0.235 e. The summed E-state index contributed by atoms with van der Waals surface area (Å²) >= 11 is 0. The molecule has 19 heavy (non-hydrogen) atoms. The highest BCUT2D eigenvalue weighted by atomic mass is 32.2. The Kier molecular flexibility index (Phi) is 4.01. The lowest BCUT2D eigenvalue weighted by Crippen LogP contribution is -2.33. The first-order valence-electron chi connectivity index (χ1n) is 6.37. The topological polar surface area (TPSA) is 81.4 Å². The largest absolute Gasteiger partial charge is 0.398 e. The lowest BCUT2D eigenvalue weighted by Gasteiger charge is -2.23. The summed E-state index contributed by atoms with van der Waals surface area (Å²) in [6.07, 6.45) is 1.07. The fourth-order valence-electron chi connectivity index (χ4n) is 2.20. The number of anilines is 2. The zero-order valence-electron chi connectivity index (χ0n) is 11.3. The fraction of sp³-hybridized carbons (Fsp3) is 0.538. The van der Waals surface area contributed by atoms with Crippen LogP contribution in [0.1, 0.15) is 24.0 Å². The summed E-state index contributed by atoms with van der Waals surface area (Å²) in [5, 5.41) is -0.386. The number of hydrogen-bond acceptors (Lipinski definition) is 4. The first-order valence-corrected chi connectivity index (χ1v) is 7.91. The molecular formula is C13H20N2O3S. The van der Waals surface area contributed by atoms with Crippen molar-refractivity contribution < 1.29 is 13.2 Å². The van der Waals surface area contributed by atoms with Gasteiger partial charge in [-0.2, -0.15) is 0 Å². The van der Waals surface area contributed by atoms with E-state index in [2.05, 4.69) is 4.72 Å². The summed E-state index contributed by atoms with van der Waals surface area (Å²) in [4.78, 5) is 0. The predicted molar refractivity (Wildman–Crippen MR) is 76.7 cm³/mol. The van der Waals surface area contributed by atoms with Crippen molar-refractivity contribution in [2.45, 2.75) is 31.9 Å². The minimum atomic E-state index is -3.37. The van der Waals surface area contributed by atoms with E-state index in [-0.39, 0.29) is 5.25 Å². The molecule has 0 spiro atoms. The lowest BCUT2D eigenvalue weighted by atomic mass is 10.1.